The van der Waals surface area contributed by atoms with Gasteiger partial charge >= 0.3 is 0 Å². The Labute approximate surface area is 212 Å². The monoisotopic (exact) mass is 578 g/mol. The van der Waals surface area contributed by atoms with Crippen LogP contribution in [0.1, 0.15) is 0 Å². The third-order valence-electron chi connectivity index (χ3n) is 3.84. The van der Waals surface area contributed by atoms with Gasteiger partial charge in [0.05, 0.1) is 0 Å². The lowest BCUT2D eigenvalue weighted by Crippen LogP contribution is -2.14. The summed E-state index contributed by atoms with van der Waals surface area (Å²) in [6.45, 7) is 0. The van der Waals surface area contributed by atoms with Crippen molar-refractivity contribution < 1.29 is 16.8 Å². The van der Waals surface area contributed by atoms with Crippen LogP contribution in [0.25, 0.3) is 0 Å². The number of nitrogen functional groups attached to an aromatic ring is 1. The first-order chi connectivity index (χ1) is 16.4. The molecule has 35 heavy (non-hydrogen) atoms. The summed E-state index contributed by atoms with van der Waals surface area (Å²) in [5.74, 6) is 0.433. The van der Waals surface area contributed by atoms with Crippen molar-refractivity contribution in [3.63, 3.8) is 0 Å². The molecule has 2 aromatic heterocycles. The fraction of sp³-hybridized carbons (Fsp3) is 0. The van der Waals surface area contributed by atoms with Crippen molar-refractivity contribution in [3.05, 3.63) is 102 Å². The topological polar surface area (TPSA) is 184 Å². The van der Waals surface area contributed by atoms with Crippen molar-refractivity contribution in [1.29, 1.82) is 0 Å². The summed E-state index contributed by atoms with van der Waals surface area (Å²) in [5, 5.41) is 12.5. The average Bonchev–Trinajstić information content (AvgIpc) is 2.80. The fourth-order valence-electron chi connectivity index (χ4n) is 2.31. The summed E-state index contributed by atoms with van der Waals surface area (Å²) >= 11 is 3.02. The van der Waals surface area contributed by atoms with Gasteiger partial charge < -0.3 is 11.1 Å². The second-order valence-electron chi connectivity index (χ2n) is 6.65. The molecule has 2 aromatic carbocycles. The van der Waals surface area contributed by atoms with Gasteiger partial charge in [0.2, 0.25) is 0 Å². The molecule has 0 amide bonds. The van der Waals surface area contributed by atoms with Gasteiger partial charge in [-0.2, -0.15) is 0 Å². The third-order valence-corrected chi connectivity index (χ3v) is 5.90. The molecule has 4 aromatic rings. The number of halogens is 1. The SMILES string of the molecule is NS(=O)(=O)c1cccc(Br)n1.NS(=O)(=O)c1cccc(Nc2ccccc2)n1.Nc1ccccc1. The van der Waals surface area contributed by atoms with E-state index < -0.39 is 20.0 Å². The average molecular weight is 580 g/mol. The standard InChI is InChI=1S/C11H11N3O2S.C6H7N.C5H5BrN2O2S/c12-17(15,16)11-8-4-7-10(14-11)13-9-5-2-1-3-6-9;7-6-4-2-1-3-5-6;6-4-2-1-3-5(8-4)11(7,9)10/h1-8H,(H,13,14)(H2,12,15,16);1-5H,7H2;1-3H,(H2,7,9,10). The van der Waals surface area contributed by atoms with Crippen molar-refractivity contribution in [2.45, 2.75) is 10.1 Å². The van der Waals surface area contributed by atoms with Gasteiger partial charge in [-0.25, -0.2) is 37.1 Å². The minimum Gasteiger partial charge on any atom is -0.399 e. The van der Waals surface area contributed by atoms with E-state index in [0.717, 1.165) is 11.4 Å². The number of nitrogens with one attached hydrogen (secondary N) is 1. The Bertz CT molecular complexity index is 1440. The van der Waals surface area contributed by atoms with Crippen LogP contribution in [0, 0.1) is 0 Å². The van der Waals surface area contributed by atoms with Gasteiger partial charge in [0.15, 0.2) is 10.1 Å². The van der Waals surface area contributed by atoms with E-state index in [9.17, 15) is 16.8 Å². The molecule has 0 saturated carbocycles. The highest BCUT2D eigenvalue weighted by atomic mass is 79.9. The smallest absolute Gasteiger partial charge is 0.255 e. The Morgan fingerprint density at radius 3 is 1.54 bits per heavy atom. The summed E-state index contributed by atoms with van der Waals surface area (Å²) in [7, 11) is -7.44. The first-order valence-electron chi connectivity index (χ1n) is 9.73. The van der Waals surface area contributed by atoms with Gasteiger partial charge in [-0.1, -0.05) is 48.5 Å². The van der Waals surface area contributed by atoms with Crippen LogP contribution in [0.15, 0.2) is 112 Å². The van der Waals surface area contributed by atoms with Crippen LogP contribution in [0.5, 0.6) is 0 Å². The maximum Gasteiger partial charge on any atom is 0.255 e. The molecule has 2 heterocycles. The second-order valence-corrected chi connectivity index (χ2v) is 10.5. The number of hydrogen-bond donors (Lipinski definition) is 4. The van der Waals surface area contributed by atoms with E-state index in [-0.39, 0.29) is 10.1 Å². The van der Waals surface area contributed by atoms with Crippen molar-refractivity contribution in [2.75, 3.05) is 11.1 Å². The Morgan fingerprint density at radius 2 is 1.11 bits per heavy atom. The van der Waals surface area contributed by atoms with Gasteiger partial charge in [-0.3, -0.25) is 0 Å². The molecule has 0 bridgehead atoms. The first-order valence-corrected chi connectivity index (χ1v) is 13.6. The molecule has 7 N–H and O–H groups in total. The summed E-state index contributed by atoms with van der Waals surface area (Å²) in [5.41, 5.74) is 7.01. The Kier molecular flexibility index (Phi) is 10.3. The number of nitrogens with zero attached hydrogens (tertiary/aromatic N) is 2. The predicted octanol–water partition coefficient (Wildman–Crippen LogP) is 3.23. The summed E-state index contributed by atoms with van der Waals surface area (Å²) in [6.07, 6.45) is 0. The number of rotatable bonds is 4. The van der Waals surface area contributed by atoms with E-state index in [1.54, 1.807) is 24.3 Å². The molecular weight excluding hydrogens is 556 g/mol. The Balaban J connectivity index is 0.000000205. The van der Waals surface area contributed by atoms with Crippen LogP contribution in [-0.2, 0) is 20.0 Å². The number of pyridine rings is 2. The highest BCUT2D eigenvalue weighted by Crippen LogP contribution is 2.15. The molecule has 184 valence electrons. The van der Waals surface area contributed by atoms with E-state index >= 15 is 0 Å². The zero-order valence-corrected chi connectivity index (χ0v) is 21.4. The fourth-order valence-corrected chi connectivity index (χ4v) is 3.76. The van der Waals surface area contributed by atoms with Crippen molar-refractivity contribution in [1.82, 2.24) is 9.97 Å². The highest BCUT2D eigenvalue weighted by molar-refractivity contribution is 9.10. The largest absolute Gasteiger partial charge is 0.399 e. The molecule has 0 saturated heterocycles. The van der Waals surface area contributed by atoms with Gasteiger partial charge in [0.1, 0.15) is 10.4 Å². The number of aromatic nitrogens is 2. The van der Waals surface area contributed by atoms with Crippen LogP contribution in [0.2, 0.25) is 0 Å². The number of sulfonamides is 2. The number of benzene rings is 2. The van der Waals surface area contributed by atoms with Crippen LogP contribution in [0.4, 0.5) is 17.2 Å². The number of nitrogens with two attached hydrogens (primary N) is 3. The number of anilines is 3. The minimum atomic E-state index is -3.77. The summed E-state index contributed by atoms with van der Waals surface area (Å²) in [4.78, 5) is 7.56. The quantitative estimate of drug-likeness (QED) is 0.210. The zero-order valence-electron chi connectivity index (χ0n) is 18.2. The molecule has 0 atom stereocenters. The number of hydrogen-bond acceptors (Lipinski definition) is 8. The lowest BCUT2D eigenvalue weighted by molar-refractivity contribution is 0.592. The lowest BCUT2D eigenvalue weighted by Gasteiger charge is -2.06. The van der Waals surface area contributed by atoms with Gasteiger partial charge in [-0.05, 0) is 64.5 Å². The van der Waals surface area contributed by atoms with Gasteiger partial charge in [-0.15, -0.1) is 0 Å². The minimum absolute atomic E-state index is 0.133. The lowest BCUT2D eigenvalue weighted by atomic mass is 10.3. The number of para-hydroxylation sites is 2. The zero-order chi connectivity index (χ0) is 25.9. The molecule has 0 aliphatic rings. The van der Waals surface area contributed by atoms with Crippen molar-refractivity contribution in [3.8, 4) is 0 Å². The highest BCUT2D eigenvalue weighted by Gasteiger charge is 2.10. The molecule has 0 spiro atoms. The Hall–Kier alpha value is -3.36. The maximum atomic E-state index is 11.1. The molecule has 4 rings (SSSR count). The van der Waals surface area contributed by atoms with E-state index in [4.69, 9.17) is 16.0 Å². The normalized spacial score (nSPS) is 10.7. The van der Waals surface area contributed by atoms with E-state index in [1.165, 1.54) is 12.1 Å². The second kappa shape index (κ2) is 12.9. The molecule has 0 aliphatic carbocycles. The summed E-state index contributed by atoms with van der Waals surface area (Å²) in [6, 6.07) is 27.9. The van der Waals surface area contributed by atoms with Crippen LogP contribution in [-0.4, -0.2) is 26.8 Å². The van der Waals surface area contributed by atoms with E-state index in [0.29, 0.717) is 10.4 Å². The van der Waals surface area contributed by atoms with Crippen molar-refractivity contribution >= 4 is 53.2 Å². The molecular formula is C22H23BrN6O4S2. The molecule has 13 heteroatoms. The van der Waals surface area contributed by atoms with Crippen LogP contribution >= 0.6 is 15.9 Å². The van der Waals surface area contributed by atoms with Gasteiger partial charge in [0, 0.05) is 11.4 Å². The number of primary sulfonamides is 2. The molecule has 0 unspecified atom stereocenters. The predicted molar refractivity (Wildman–Crippen MR) is 139 cm³/mol. The summed E-state index contributed by atoms with van der Waals surface area (Å²) < 4.78 is 44.1. The first kappa shape index (κ1) is 27.9. The van der Waals surface area contributed by atoms with Gasteiger partial charge in [0.25, 0.3) is 20.0 Å². The van der Waals surface area contributed by atoms with Crippen LogP contribution in [0.3, 0.4) is 0 Å². The van der Waals surface area contributed by atoms with E-state index in [2.05, 4.69) is 31.2 Å². The Morgan fingerprint density at radius 1 is 0.629 bits per heavy atom. The van der Waals surface area contributed by atoms with Crippen LogP contribution < -0.4 is 21.3 Å². The molecule has 0 radical (unpaired) electrons. The molecule has 0 aliphatic heterocycles. The van der Waals surface area contributed by atoms with E-state index in [1.807, 2.05) is 60.7 Å². The molecule has 0 fully saturated rings. The maximum absolute atomic E-state index is 11.1. The third kappa shape index (κ3) is 10.6. The van der Waals surface area contributed by atoms with Crippen molar-refractivity contribution in [2.24, 2.45) is 10.3 Å². The molecule has 10 nitrogen and oxygen atoms in total.